The number of amides is 1. The number of nitrogens with two attached hydrogens (primary N) is 1. The van der Waals surface area contributed by atoms with Gasteiger partial charge in [0.15, 0.2) is 0 Å². The summed E-state index contributed by atoms with van der Waals surface area (Å²) in [6.45, 7) is 3.13. The second-order valence-electron chi connectivity index (χ2n) is 5.99. The Hall–Kier alpha value is -2.14. The lowest BCUT2D eigenvalue weighted by Crippen LogP contribution is -2.37. The first-order valence-electron chi connectivity index (χ1n) is 7.84. The van der Waals surface area contributed by atoms with Crippen LogP contribution in [0.4, 0.5) is 5.69 Å². The molecule has 22 heavy (non-hydrogen) atoms. The molecule has 0 unspecified atom stereocenters. The number of nitrogens with zero attached hydrogens (tertiary/aromatic N) is 2. The molecule has 1 heterocycles. The van der Waals surface area contributed by atoms with Gasteiger partial charge in [-0.15, -0.1) is 0 Å². The van der Waals surface area contributed by atoms with Crippen molar-refractivity contribution in [1.29, 1.82) is 0 Å². The zero-order valence-electron chi connectivity index (χ0n) is 12.9. The molecular weight excluding hydrogens is 276 g/mol. The quantitative estimate of drug-likeness (QED) is 0.861. The van der Waals surface area contributed by atoms with Gasteiger partial charge in [-0.1, -0.05) is 25.5 Å². The van der Waals surface area contributed by atoms with E-state index in [1.54, 1.807) is 0 Å². The minimum Gasteiger partial charge on any atom is -0.331 e. The van der Waals surface area contributed by atoms with E-state index in [1.165, 1.54) is 0 Å². The van der Waals surface area contributed by atoms with Gasteiger partial charge in [0.2, 0.25) is 5.91 Å². The van der Waals surface area contributed by atoms with Gasteiger partial charge in [0, 0.05) is 30.2 Å². The van der Waals surface area contributed by atoms with Gasteiger partial charge in [0.05, 0.1) is 5.54 Å². The summed E-state index contributed by atoms with van der Waals surface area (Å²) >= 11 is 0. The molecule has 0 radical (unpaired) electrons. The molecule has 1 saturated carbocycles. The molecule has 1 aromatic carbocycles. The second kappa shape index (κ2) is 5.93. The van der Waals surface area contributed by atoms with E-state index < -0.39 is 5.54 Å². The van der Waals surface area contributed by atoms with Crippen molar-refractivity contribution in [2.45, 2.75) is 44.7 Å². The Balaban J connectivity index is 1.79. The predicted octanol–water partition coefficient (Wildman–Crippen LogP) is 2.78. The van der Waals surface area contributed by atoms with E-state index in [2.05, 4.69) is 21.8 Å². The maximum Gasteiger partial charge on any atom is 0.244 e. The molecule has 116 valence electrons. The first-order chi connectivity index (χ1) is 10.6. The number of aromatic nitrogens is 2. The van der Waals surface area contributed by atoms with E-state index in [0.717, 1.165) is 49.3 Å². The first-order valence-corrected chi connectivity index (χ1v) is 7.84. The highest BCUT2D eigenvalue weighted by Gasteiger charge is 2.45. The number of anilines is 1. The fraction of sp³-hybridized carbons (Fsp3) is 0.412. The van der Waals surface area contributed by atoms with Crippen molar-refractivity contribution in [2.24, 2.45) is 5.73 Å². The van der Waals surface area contributed by atoms with Crippen LogP contribution in [0.25, 0.3) is 11.4 Å². The summed E-state index contributed by atoms with van der Waals surface area (Å²) in [7, 11) is 0. The van der Waals surface area contributed by atoms with Gasteiger partial charge >= 0.3 is 0 Å². The van der Waals surface area contributed by atoms with Gasteiger partial charge in [-0.3, -0.25) is 4.79 Å². The molecule has 1 amide bonds. The number of aryl methyl sites for hydroxylation is 1. The van der Waals surface area contributed by atoms with Crippen molar-refractivity contribution in [3.05, 3.63) is 36.7 Å². The zero-order chi connectivity index (χ0) is 15.6. The van der Waals surface area contributed by atoms with Crippen LogP contribution in [-0.2, 0) is 11.3 Å². The number of unbranched alkanes of at least 4 members (excludes halogenated alkanes) is 1. The summed E-state index contributed by atoms with van der Waals surface area (Å²) in [4.78, 5) is 16.5. The fourth-order valence-electron chi connectivity index (χ4n) is 2.43. The highest BCUT2D eigenvalue weighted by Crippen LogP contribution is 2.33. The average molecular weight is 298 g/mol. The van der Waals surface area contributed by atoms with Gasteiger partial charge in [-0.2, -0.15) is 0 Å². The molecule has 3 N–H and O–H groups in total. The largest absolute Gasteiger partial charge is 0.331 e. The second-order valence-corrected chi connectivity index (χ2v) is 5.99. The lowest BCUT2D eigenvalue weighted by Gasteiger charge is -2.12. The molecule has 1 aromatic heterocycles. The topological polar surface area (TPSA) is 72.9 Å². The van der Waals surface area contributed by atoms with Gasteiger partial charge in [-0.25, -0.2) is 4.98 Å². The summed E-state index contributed by atoms with van der Waals surface area (Å²) in [5.74, 6) is 0.831. The van der Waals surface area contributed by atoms with Gasteiger partial charge in [-0.05, 0) is 31.4 Å². The molecule has 1 aliphatic rings. The van der Waals surface area contributed by atoms with Crippen molar-refractivity contribution >= 4 is 11.6 Å². The predicted molar refractivity (Wildman–Crippen MR) is 87.4 cm³/mol. The monoisotopic (exact) mass is 298 g/mol. The molecule has 1 fully saturated rings. The van der Waals surface area contributed by atoms with Crippen LogP contribution in [0.3, 0.4) is 0 Å². The van der Waals surface area contributed by atoms with Crippen LogP contribution in [0.1, 0.15) is 32.6 Å². The molecule has 0 spiro atoms. The van der Waals surface area contributed by atoms with E-state index in [1.807, 2.05) is 36.7 Å². The molecule has 0 aliphatic heterocycles. The van der Waals surface area contributed by atoms with Crippen molar-refractivity contribution in [1.82, 2.24) is 9.55 Å². The van der Waals surface area contributed by atoms with E-state index in [4.69, 9.17) is 5.73 Å². The van der Waals surface area contributed by atoms with Crippen LogP contribution in [0.2, 0.25) is 0 Å². The SMILES string of the molecule is CCCCn1ccnc1-c1cccc(NC(=O)C2(N)CC2)c1. The summed E-state index contributed by atoms with van der Waals surface area (Å²) in [5.41, 5.74) is 7.03. The molecule has 3 rings (SSSR count). The fourth-order valence-corrected chi connectivity index (χ4v) is 2.43. The Kier molecular flexibility index (Phi) is 3.98. The minimum absolute atomic E-state index is 0.0982. The molecule has 0 bridgehead atoms. The van der Waals surface area contributed by atoms with Crippen LogP contribution >= 0.6 is 0 Å². The Morgan fingerprint density at radius 1 is 1.45 bits per heavy atom. The maximum atomic E-state index is 12.0. The molecule has 2 aromatic rings. The first kappa shape index (κ1) is 14.8. The third-order valence-corrected chi connectivity index (χ3v) is 4.09. The van der Waals surface area contributed by atoms with Crippen molar-refractivity contribution < 1.29 is 4.79 Å². The lowest BCUT2D eigenvalue weighted by atomic mass is 10.1. The van der Waals surface area contributed by atoms with E-state index in [-0.39, 0.29) is 5.91 Å². The van der Waals surface area contributed by atoms with Gasteiger partial charge in [0.25, 0.3) is 0 Å². The summed E-state index contributed by atoms with van der Waals surface area (Å²) in [6.07, 6.45) is 7.60. The van der Waals surface area contributed by atoms with Crippen LogP contribution < -0.4 is 11.1 Å². The average Bonchev–Trinajstić information content (AvgIpc) is 3.11. The number of benzene rings is 1. The van der Waals surface area contributed by atoms with Crippen molar-refractivity contribution in [3.63, 3.8) is 0 Å². The molecule has 1 aliphatic carbocycles. The van der Waals surface area contributed by atoms with Gasteiger partial charge < -0.3 is 15.6 Å². The zero-order valence-corrected chi connectivity index (χ0v) is 12.9. The summed E-state index contributed by atoms with van der Waals surface area (Å²) in [5, 5.41) is 2.91. The molecule has 5 heteroatoms. The minimum atomic E-state index is -0.657. The Labute approximate surface area is 130 Å². The number of carbonyl (C=O) groups excluding carboxylic acids is 1. The highest BCUT2D eigenvalue weighted by molar-refractivity contribution is 6.00. The third kappa shape index (κ3) is 3.04. The molecular formula is C17H22N4O. The summed E-state index contributed by atoms with van der Waals surface area (Å²) < 4.78 is 2.15. The van der Waals surface area contributed by atoms with Gasteiger partial charge in [0.1, 0.15) is 5.82 Å². The van der Waals surface area contributed by atoms with Crippen molar-refractivity contribution in [2.75, 3.05) is 5.32 Å². The van der Waals surface area contributed by atoms with Crippen molar-refractivity contribution in [3.8, 4) is 11.4 Å². The number of hydrogen-bond acceptors (Lipinski definition) is 3. The smallest absolute Gasteiger partial charge is 0.244 e. The number of nitrogens with one attached hydrogen (secondary N) is 1. The van der Waals surface area contributed by atoms with Crippen LogP contribution in [-0.4, -0.2) is 21.0 Å². The lowest BCUT2D eigenvalue weighted by molar-refractivity contribution is -0.118. The van der Waals surface area contributed by atoms with E-state index >= 15 is 0 Å². The molecule has 5 nitrogen and oxygen atoms in total. The molecule has 0 atom stereocenters. The Morgan fingerprint density at radius 3 is 3.00 bits per heavy atom. The third-order valence-electron chi connectivity index (χ3n) is 4.09. The van der Waals surface area contributed by atoms with Crippen LogP contribution in [0, 0.1) is 0 Å². The van der Waals surface area contributed by atoms with Crippen LogP contribution in [0.5, 0.6) is 0 Å². The van der Waals surface area contributed by atoms with E-state index in [0.29, 0.717) is 0 Å². The normalized spacial score (nSPS) is 15.5. The number of hydrogen-bond donors (Lipinski definition) is 2. The Bertz CT molecular complexity index is 673. The number of imidazole rings is 1. The Morgan fingerprint density at radius 2 is 2.27 bits per heavy atom. The summed E-state index contributed by atoms with van der Waals surface area (Å²) in [6, 6.07) is 7.77. The van der Waals surface area contributed by atoms with Crippen LogP contribution in [0.15, 0.2) is 36.7 Å². The van der Waals surface area contributed by atoms with E-state index in [9.17, 15) is 4.79 Å². The number of carbonyl (C=O) groups is 1. The number of rotatable bonds is 6. The standard InChI is InChI=1S/C17H22N4O/c1-2-3-10-21-11-9-19-15(21)13-5-4-6-14(12-13)20-16(22)17(18)7-8-17/h4-6,9,11-12H,2-3,7-8,10,18H2,1H3,(H,20,22). The maximum absolute atomic E-state index is 12.0. The molecule has 0 saturated heterocycles. The highest BCUT2D eigenvalue weighted by atomic mass is 16.2.